The molecule has 0 aliphatic carbocycles. The van der Waals surface area contributed by atoms with Crippen LogP contribution in [0.3, 0.4) is 0 Å². The summed E-state index contributed by atoms with van der Waals surface area (Å²) in [7, 11) is 7.31. The number of aryl methyl sites for hydroxylation is 1. The lowest BCUT2D eigenvalue weighted by Crippen LogP contribution is -2.20. The molecule has 0 N–H and O–H groups in total. The highest BCUT2D eigenvalue weighted by molar-refractivity contribution is 5.82. The van der Waals surface area contributed by atoms with E-state index in [1.807, 2.05) is 12.1 Å². The summed E-state index contributed by atoms with van der Waals surface area (Å²) in [6.45, 7) is 0. The minimum Gasteiger partial charge on any atom is -0.493 e. The maximum atomic E-state index is 12.8. The van der Waals surface area contributed by atoms with Crippen LogP contribution in [0, 0.1) is 0 Å². The molecule has 0 saturated carbocycles. The number of benzene rings is 2. The minimum atomic E-state index is -0.718. The van der Waals surface area contributed by atoms with Gasteiger partial charge in [-0.3, -0.25) is 9.59 Å². The van der Waals surface area contributed by atoms with Crippen LogP contribution in [-0.2, 0) is 25.5 Å². The molecule has 3 rings (SSSR count). The van der Waals surface area contributed by atoms with Gasteiger partial charge in [-0.15, -0.1) is 0 Å². The smallest absolute Gasteiger partial charge is 0.317 e. The maximum absolute atomic E-state index is 12.8. The van der Waals surface area contributed by atoms with Crippen molar-refractivity contribution in [3.05, 3.63) is 47.0 Å². The second-order valence-electron chi connectivity index (χ2n) is 6.95. The van der Waals surface area contributed by atoms with E-state index >= 15 is 0 Å². The van der Waals surface area contributed by atoms with E-state index in [9.17, 15) is 9.59 Å². The third-order valence-electron chi connectivity index (χ3n) is 5.28. The van der Waals surface area contributed by atoms with Gasteiger partial charge in [0.2, 0.25) is 0 Å². The number of ether oxygens (including phenoxy) is 6. The quantitative estimate of drug-likeness (QED) is 0.590. The summed E-state index contributed by atoms with van der Waals surface area (Å²) in [6.07, 6.45) is -0.000919. The van der Waals surface area contributed by atoms with Crippen molar-refractivity contribution < 1.29 is 38.0 Å². The van der Waals surface area contributed by atoms with Crippen molar-refractivity contribution in [1.29, 1.82) is 0 Å². The summed E-state index contributed by atoms with van der Waals surface area (Å²) in [4.78, 5) is 24.4. The van der Waals surface area contributed by atoms with E-state index in [1.165, 1.54) is 21.3 Å². The Labute approximate surface area is 181 Å². The topological polar surface area (TPSA) is 89.5 Å². The molecule has 1 aliphatic rings. The van der Waals surface area contributed by atoms with Crippen LogP contribution in [0.4, 0.5) is 0 Å². The molecular formula is C23H26O8. The van der Waals surface area contributed by atoms with Gasteiger partial charge in [-0.05, 0) is 35.7 Å². The van der Waals surface area contributed by atoms with E-state index in [-0.39, 0.29) is 12.4 Å². The Morgan fingerprint density at radius 1 is 0.871 bits per heavy atom. The van der Waals surface area contributed by atoms with E-state index in [4.69, 9.17) is 28.4 Å². The Hall–Kier alpha value is -3.42. The van der Waals surface area contributed by atoms with Gasteiger partial charge in [0.05, 0.1) is 35.5 Å². The highest BCUT2D eigenvalue weighted by Gasteiger charge is 2.43. The molecule has 8 heteroatoms. The minimum absolute atomic E-state index is 0.210. The third kappa shape index (κ3) is 4.38. The molecule has 0 aromatic heterocycles. The van der Waals surface area contributed by atoms with Crippen LogP contribution < -0.4 is 18.9 Å². The van der Waals surface area contributed by atoms with Crippen LogP contribution in [0.2, 0.25) is 0 Å². The van der Waals surface area contributed by atoms with Gasteiger partial charge in [-0.25, -0.2) is 0 Å². The fourth-order valence-corrected chi connectivity index (χ4v) is 3.71. The second-order valence-corrected chi connectivity index (χ2v) is 6.95. The van der Waals surface area contributed by atoms with Crippen LogP contribution in [0.25, 0.3) is 0 Å². The van der Waals surface area contributed by atoms with Gasteiger partial charge in [-0.1, -0.05) is 12.1 Å². The average Bonchev–Trinajstić information content (AvgIpc) is 3.20. The molecule has 1 aliphatic heterocycles. The number of rotatable bonds is 8. The van der Waals surface area contributed by atoms with Crippen LogP contribution >= 0.6 is 0 Å². The Kier molecular flexibility index (Phi) is 6.89. The maximum Gasteiger partial charge on any atom is 0.317 e. The Bertz CT molecular complexity index is 968. The van der Waals surface area contributed by atoms with Crippen LogP contribution in [0.5, 0.6) is 23.0 Å². The van der Waals surface area contributed by atoms with E-state index in [0.29, 0.717) is 35.0 Å². The number of hydrogen-bond acceptors (Lipinski definition) is 8. The van der Waals surface area contributed by atoms with Gasteiger partial charge in [0.15, 0.2) is 23.0 Å². The number of methoxy groups -OCH3 is 5. The molecule has 0 bridgehead atoms. The monoisotopic (exact) mass is 430 g/mol. The van der Waals surface area contributed by atoms with Gasteiger partial charge in [0.1, 0.15) is 12.0 Å². The summed E-state index contributed by atoms with van der Waals surface area (Å²) in [6, 6.07) is 9.00. The molecule has 8 nitrogen and oxygen atoms in total. The van der Waals surface area contributed by atoms with Crippen molar-refractivity contribution in [3.8, 4) is 23.0 Å². The normalized spacial score (nSPS) is 16.7. The molecule has 2 atom stereocenters. The first-order valence-corrected chi connectivity index (χ1v) is 9.71. The van der Waals surface area contributed by atoms with Crippen molar-refractivity contribution in [2.75, 3.05) is 35.5 Å². The van der Waals surface area contributed by atoms with Crippen molar-refractivity contribution in [3.63, 3.8) is 0 Å². The van der Waals surface area contributed by atoms with Crippen LogP contribution in [-0.4, -0.2) is 47.5 Å². The summed E-state index contributed by atoms with van der Waals surface area (Å²) in [5.74, 6) is 0.570. The highest BCUT2D eigenvalue weighted by Crippen LogP contribution is 2.52. The number of hydrogen-bond donors (Lipinski definition) is 0. The van der Waals surface area contributed by atoms with Crippen molar-refractivity contribution in [2.24, 2.45) is 0 Å². The summed E-state index contributed by atoms with van der Waals surface area (Å²) >= 11 is 0. The van der Waals surface area contributed by atoms with Gasteiger partial charge >= 0.3 is 11.9 Å². The van der Waals surface area contributed by atoms with E-state index in [0.717, 1.165) is 11.1 Å². The number of carbonyl (C=O) groups is 2. The number of carbonyl (C=O) groups excluding carboxylic acids is 2. The predicted octanol–water partition coefficient (Wildman–Crippen LogP) is 3.21. The Morgan fingerprint density at radius 3 is 2.19 bits per heavy atom. The van der Waals surface area contributed by atoms with Crippen molar-refractivity contribution in [1.82, 2.24) is 0 Å². The summed E-state index contributed by atoms with van der Waals surface area (Å²) in [5, 5.41) is 0. The SMILES string of the molecule is COC(=O)CCc1cc(OC)c2c(c1)[C@H](C(=O)OC)[C@@H](c1ccc(OC)c(OC)c1)O2. The number of esters is 2. The summed E-state index contributed by atoms with van der Waals surface area (Å²) in [5.41, 5.74) is 2.19. The highest BCUT2D eigenvalue weighted by atomic mass is 16.5. The van der Waals surface area contributed by atoms with E-state index in [1.54, 1.807) is 32.4 Å². The molecule has 0 saturated heterocycles. The molecule has 166 valence electrons. The molecule has 1 heterocycles. The first kappa shape index (κ1) is 22.3. The molecule has 2 aromatic carbocycles. The zero-order valence-corrected chi connectivity index (χ0v) is 18.2. The van der Waals surface area contributed by atoms with Gasteiger partial charge in [0, 0.05) is 12.0 Å². The second kappa shape index (κ2) is 9.59. The molecule has 0 unspecified atom stereocenters. The average molecular weight is 430 g/mol. The third-order valence-corrected chi connectivity index (χ3v) is 5.28. The van der Waals surface area contributed by atoms with E-state index < -0.39 is 18.0 Å². The summed E-state index contributed by atoms with van der Waals surface area (Å²) < 4.78 is 32.2. The Morgan fingerprint density at radius 2 is 1.58 bits per heavy atom. The van der Waals surface area contributed by atoms with Gasteiger partial charge in [-0.2, -0.15) is 0 Å². The fraction of sp³-hybridized carbons (Fsp3) is 0.391. The molecule has 0 spiro atoms. The van der Waals surface area contributed by atoms with Crippen molar-refractivity contribution in [2.45, 2.75) is 24.9 Å². The molecule has 0 radical (unpaired) electrons. The zero-order chi connectivity index (χ0) is 22.5. The molecular weight excluding hydrogens is 404 g/mol. The van der Waals surface area contributed by atoms with Crippen molar-refractivity contribution >= 4 is 11.9 Å². The zero-order valence-electron chi connectivity index (χ0n) is 18.2. The van der Waals surface area contributed by atoms with E-state index in [2.05, 4.69) is 0 Å². The first-order chi connectivity index (χ1) is 15.0. The predicted molar refractivity (Wildman–Crippen MR) is 111 cm³/mol. The lowest BCUT2D eigenvalue weighted by atomic mass is 9.89. The molecule has 2 aromatic rings. The molecule has 0 fully saturated rings. The van der Waals surface area contributed by atoms with Gasteiger partial charge in [0.25, 0.3) is 0 Å². The van der Waals surface area contributed by atoms with Crippen LogP contribution in [0.15, 0.2) is 30.3 Å². The first-order valence-electron chi connectivity index (χ1n) is 9.71. The largest absolute Gasteiger partial charge is 0.493 e. The Balaban J connectivity index is 2.05. The number of fused-ring (bicyclic) bond motifs is 1. The van der Waals surface area contributed by atoms with Gasteiger partial charge < -0.3 is 28.4 Å². The molecule has 31 heavy (non-hydrogen) atoms. The lowest BCUT2D eigenvalue weighted by Gasteiger charge is -2.19. The lowest BCUT2D eigenvalue weighted by molar-refractivity contribution is -0.144. The fourth-order valence-electron chi connectivity index (χ4n) is 3.71. The standard InChI is InChI=1S/C23H26O8/c1-26-16-8-7-14(12-17(16)27-2)21-20(23(25)30-5)15-10-13(6-9-19(24)29-4)11-18(28-3)22(15)31-21/h7-8,10-12,20-21H,6,9H2,1-5H3/t20-,21+/m0/s1. The van der Waals surface area contributed by atoms with Crippen LogP contribution in [0.1, 0.15) is 35.1 Å². The molecule has 0 amide bonds.